The lowest BCUT2D eigenvalue weighted by atomic mass is 10.2. The third kappa shape index (κ3) is 3.88. The Balaban J connectivity index is 1.63. The van der Waals surface area contributed by atoms with Gasteiger partial charge in [0.15, 0.2) is 0 Å². The third-order valence-electron chi connectivity index (χ3n) is 3.82. The number of carbonyl (C=O) groups excluding carboxylic acids is 1. The van der Waals surface area contributed by atoms with Crippen molar-refractivity contribution in [1.82, 2.24) is 9.78 Å². The number of benzene rings is 2. The number of nitrogens with zero attached hydrogens (tertiary/aromatic N) is 2. The summed E-state index contributed by atoms with van der Waals surface area (Å²) in [6.07, 6.45) is 0. The van der Waals surface area contributed by atoms with Crippen LogP contribution in [0.25, 0.3) is 5.69 Å². The number of carbonyl (C=O) groups is 1. The molecule has 5 nitrogen and oxygen atoms in total. The smallest absolute Gasteiger partial charge is 0.342 e. The number of para-hydroxylation sites is 2. The third-order valence-corrected chi connectivity index (χ3v) is 3.82. The summed E-state index contributed by atoms with van der Waals surface area (Å²) in [5.41, 5.74) is 2.83. The Morgan fingerprint density at radius 1 is 0.960 bits per heavy atom. The van der Waals surface area contributed by atoms with Crippen molar-refractivity contribution in [3.05, 3.63) is 77.6 Å². The van der Waals surface area contributed by atoms with Crippen LogP contribution < -0.4 is 4.74 Å². The van der Waals surface area contributed by atoms with Gasteiger partial charge in [-0.25, -0.2) is 9.48 Å². The molecule has 5 heteroatoms. The molecule has 3 rings (SSSR count). The predicted octanol–water partition coefficient (Wildman–Crippen LogP) is 3.72. The minimum absolute atomic E-state index is 0.184. The maximum Gasteiger partial charge on any atom is 0.342 e. The average molecular weight is 336 g/mol. The van der Waals surface area contributed by atoms with Crippen molar-refractivity contribution in [2.24, 2.45) is 0 Å². The minimum atomic E-state index is -0.381. The van der Waals surface area contributed by atoms with E-state index in [-0.39, 0.29) is 12.6 Å². The zero-order valence-corrected chi connectivity index (χ0v) is 14.3. The van der Waals surface area contributed by atoms with Gasteiger partial charge in [0.2, 0.25) is 0 Å². The van der Waals surface area contributed by atoms with E-state index in [1.807, 2.05) is 74.5 Å². The summed E-state index contributed by atoms with van der Waals surface area (Å²) in [5.74, 6) is 0.372. The summed E-state index contributed by atoms with van der Waals surface area (Å²) in [5, 5.41) is 4.46. The Bertz CT molecular complexity index is 842. The Morgan fingerprint density at radius 2 is 1.60 bits per heavy atom. The summed E-state index contributed by atoms with van der Waals surface area (Å²) < 4.78 is 12.6. The summed E-state index contributed by atoms with van der Waals surface area (Å²) >= 11 is 0. The van der Waals surface area contributed by atoms with Crippen LogP contribution in [0.3, 0.4) is 0 Å². The van der Waals surface area contributed by atoms with Gasteiger partial charge < -0.3 is 9.47 Å². The lowest BCUT2D eigenvalue weighted by Gasteiger charge is -2.08. The molecule has 0 aliphatic rings. The van der Waals surface area contributed by atoms with Crippen LogP contribution in [0.5, 0.6) is 5.75 Å². The van der Waals surface area contributed by atoms with Crippen molar-refractivity contribution in [3.8, 4) is 11.4 Å². The standard InChI is InChI=1S/C20H20N2O3/c1-15-19(16(2)22(21-15)17-9-5-3-6-10-17)20(23)25-14-13-24-18-11-7-4-8-12-18/h3-12H,13-14H2,1-2H3. The van der Waals surface area contributed by atoms with E-state index in [1.54, 1.807) is 4.68 Å². The molecule has 0 atom stereocenters. The van der Waals surface area contributed by atoms with Crippen molar-refractivity contribution in [1.29, 1.82) is 0 Å². The summed E-state index contributed by atoms with van der Waals surface area (Å²) in [6.45, 7) is 4.16. The fourth-order valence-electron chi connectivity index (χ4n) is 2.64. The average Bonchev–Trinajstić information content (AvgIpc) is 2.94. The molecule has 0 aliphatic carbocycles. The highest BCUT2D eigenvalue weighted by Crippen LogP contribution is 2.18. The first kappa shape index (κ1) is 16.8. The Labute approximate surface area is 146 Å². The first-order valence-corrected chi connectivity index (χ1v) is 8.13. The molecule has 0 radical (unpaired) electrons. The van der Waals surface area contributed by atoms with E-state index < -0.39 is 0 Å². The van der Waals surface area contributed by atoms with E-state index in [0.717, 1.165) is 17.1 Å². The first-order valence-electron chi connectivity index (χ1n) is 8.13. The second kappa shape index (κ2) is 7.66. The molecular formula is C20H20N2O3. The van der Waals surface area contributed by atoms with Gasteiger partial charge in [0.25, 0.3) is 0 Å². The van der Waals surface area contributed by atoms with E-state index in [2.05, 4.69) is 5.10 Å². The molecule has 0 fully saturated rings. The lowest BCUT2D eigenvalue weighted by Crippen LogP contribution is -2.13. The van der Waals surface area contributed by atoms with Crippen LogP contribution in [0.1, 0.15) is 21.7 Å². The summed E-state index contributed by atoms with van der Waals surface area (Å²) in [7, 11) is 0. The fraction of sp³-hybridized carbons (Fsp3) is 0.200. The number of aryl methyl sites for hydroxylation is 1. The van der Waals surface area contributed by atoms with Crippen molar-refractivity contribution < 1.29 is 14.3 Å². The highest BCUT2D eigenvalue weighted by molar-refractivity contribution is 5.92. The molecule has 0 spiro atoms. The van der Waals surface area contributed by atoms with Crippen molar-refractivity contribution in [2.75, 3.05) is 13.2 Å². The number of hydrogen-bond donors (Lipinski definition) is 0. The SMILES string of the molecule is Cc1nn(-c2ccccc2)c(C)c1C(=O)OCCOc1ccccc1. The molecule has 128 valence electrons. The van der Waals surface area contributed by atoms with Crippen LogP contribution in [0.4, 0.5) is 0 Å². The van der Waals surface area contributed by atoms with Crippen LogP contribution in [0.2, 0.25) is 0 Å². The predicted molar refractivity (Wildman–Crippen MR) is 95.3 cm³/mol. The summed E-state index contributed by atoms with van der Waals surface area (Å²) in [6, 6.07) is 19.1. The maximum atomic E-state index is 12.4. The molecule has 0 unspecified atom stereocenters. The van der Waals surface area contributed by atoms with Crippen LogP contribution in [0.15, 0.2) is 60.7 Å². The second-order valence-electron chi connectivity index (χ2n) is 5.59. The molecule has 25 heavy (non-hydrogen) atoms. The maximum absolute atomic E-state index is 12.4. The molecule has 0 bridgehead atoms. The van der Waals surface area contributed by atoms with E-state index >= 15 is 0 Å². The number of rotatable bonds is 6. The van der Waals surface area contributed by atoms with E-state index in [0.29, 0.717) is 17.9 Å². The monoisotopic (exact) mass is 336 g/mol. The Hall–Kier alpha value is -3.08. The van der Waals surface area contributed by atoms with Gasteiger partial charge in [0.1, 0.15) is 24.5 Å². The van der Waals surface area contributed by atoms with E-state index in [1.165, 1.54) is 0 Å². The zero-order valence-electron chi connectivity index (χ0n) is 14.3. The Morgan fingerprint density at radius 3 is 2.28 bits per heavy atom. The van der Waals surface area contributed by atoms with Crippen LogP contribution in [-0.2, 0) is 4.74 Å². The van der Waals surface area contributed by atoms with Crippen molar-refractivity contribution in [2.45, 2.75) is 13.8 Å². The topological polar surface area (TPSA) is 53.4 Å². The quantitative estimate of drug-likeness (QED) is 0.508. The van der Waals surface area contributed by atoms with Gasteiger partial charge in [-0.15, -0.1) is 0 Å². The van der Waals surface area contributed by atoms with Crippen LogP contribution in [-0.4, -0.2) is 29.0 Å². The zero-order chi connectivity index (χ0) is 17.6. The van der Waals surface area contributed by atoms with Crippen LogP contribution in [0, 0.1) is 13.8 Å². The van der Waals surface area contributed by atoms with E-state index in [4.69, 9.17) is 9.47 Å². The van der Waals surface area contributed by atoms with Gasteiger partial charge in [0.05, 0.1) is 17.1 Å². The van der Waals surface area contributed by atoms with Gasteiger partial charge in [-0.3, -0.25) is 0 Å². The Kier molecular flexibility index (Phi) is 5.14. The normalized spacial score (nSPS) is 10.5. The highest BCUT2D eigenvalue weighted by atomic mass is 16.6. The highest BCUT2D eigenvalue weighted by Gasteiger charge is 2.20. The molecule has 2 aromatic carbocycles. The first-order chi connectivity index (χ1) is 12.2. The number of hydrogen-bond acceptors (Lipinski definition) is 4. The fourth-order valence-corrected chi connectivity index (χ4v) is 2.64. The van der Waals surface area contributed by atoms with Gasteiger partial charge in [-0.2, -0.15) is 5.10 Å². The molecule has 3 aromatic rings. The molecule has 0 aliphatic heterocycles. The van der Waals surface area contributed by atoms with Crippen molar-refractivity contribution >= 4 is 5.97 Å². The van der Waals surface area contributed by atoms with Crippen molar-refractivity contribution in [3.63, 3.8) is 0 Å². The number of ether oxygens (including phenoxy) is 2. The molecular weight excluding hydrogens is 316 g/mol. The molecule has 0 saturated carbocycles. The van der Waals surface area contributed by atoms with E-state index in [9.17, 15) is 4.79 Å². The largest absolute Gasteiger partial charge is 0.490 e. The number of aromatic nitrogens is 2. The number of esters is 1. The van der Waals surface area contributed by atoms with Gasteiger partial charge >= 0.3 is 5.97 Å². The second-order valence-corrected chi connectivity index (χ2v) is 5.59. The van der Waals surface area contributed by atoms with Gasteiger partial charge in [-0.05, 0) is 38.1 Å². The summed E-state index contributed by atoms with van der Waals surface area (Å²) in [4.78, 5) is 12.4. The lowest BCUT2D eigenvalue weighted by molar-refractivity contribution is 0.0448. The molecule has 0 amide bonds. The van der Waals surface area contributed by atoms with Gasteiger partial charge in [0, 0.05) is 0 Å². The van der Waals surface area contributed by atoms with Crippen LogP contribution >= 0.6 is 0 Å². The minimum Gasteiger partial charge on any atom is -0.490 e. The molecule has 0 saturated heterocycles. The van der Waals surface area contributed by atoms with Gasteiger partial charge in [-0.1, -0.05) is 36.4 Å². The molecule has 1 aromatic heterocycles. The molecule has 1 heterocycles. The molecule has 0 N–H and O–H groups in total.